The topological polar surface area (TPSA) is 59.0 Å². The van der Waals surface area contributed by atoms with Crippen molar-refractivity contribution in [2.75, 3.05) is 18.6 Å². The molecule has 0 saturated carbocycles. The van der Waals surface area contributed by atoms with Crippen LogP contribution in [0.3, 0.4) is 0 Å². The number of amides is 1. The van der Waals surface area contributed by atoms with E-state index in [1.54, 1.807) is 49.6 Å². The summed E-state index contributed by atoms with van der Waals surface area (Å²) in [6.45, 7) is -0.0749. The quantitative estimate of drug-likeness (QED) is 0.911. The number of rotatable bonds is 2. The van der Waals surface area contributed by atoms with Gasteiger partial charge in [-0.05, 0) is 24.3 Å². The molecule has 0 atom stereocenters. The zero-order valence-electron chi connectivity index (χ0n) is 10.9. The molecule has 1 amide bonds. The molecule has 0 aliphatic carbocycles. The molecule has 0 saturated heterocycles. The van der Waals surface area contributed by atoms with E-state index in [1.165, 1.54) is 4.90 Å². The van der Waals surface area contributed by atoms with Gasteiger partial charge in [-0.3, -0.25) is 9.69 Å². The summed E-state index contributed by atoms with van der Waals surface area (Å²) in [6, 6.07) is 11.9. The molecule has 0 bridgehead atoms. The lowest BCUT2D eigenvalue weighted by molar-refractivity contribution is -0.120. The molecule has 3 rings (SSSR count). The van der Waals surface area contributed by atoms with Gasteiger partial charge in [0.05, 0.1) is 18.5 Å². The number of methoxy groups -OCH3 is 1. The Kier molecular flexibility index (Phi) is 2.95. The summed E-state index contributed by atoms with van der Waals surface area (Å²) in [5.74, 6) is 1.01. The summed E-state index contributed by atoms with van der Waals surface area (Å²) in [5.41, 5.74) is 1.02. The van der Waals surface area contributed by atoms with Crippen LogP contribution >= 0.6 is 0 Å². The fourth-order valence-electron chi connectivity index (χ4n) is 2.18. The second-order valence-corrected chi connectivity index (χ2v) is 4.34. The molecule has 1 heterocycles. The van der Waals surface area contributed by atoms with Crippen molar-refractivity contribution in [2.45, 2.75) is 0 Å². The number of hydrogen-bond donors (Lipinski definition) is 1. The fraction of sp³-hybridized carbons (Fsp3) is 0.133. The smallest absolute Gasteiger partial charge is 0.269 e. The third-order valence-corrected chi connectivity index (χ3v) is 3.13. The van der Waals surface area contributed by atoms with Gasteiger partial charge in [0.15, 0.2) is 6.61 Å². The van der Waals surface area contributed by atoms with Crippen molar-refractivity contribution in [1.82, 2.24) is 0 Å². The predicted octanol–water partition coefficient (Wildman–Crippen LogP) is 2.46. The minimum Gasteiger partial charge on any atom is -0.506 e. The van der Waals surface area contributed by atoms with Crippen LogP contribution in [-0.4, -0.2) is 24.7 Å². The number of anilines is 2. The van der Waals surface area contributed by atoms with E-state index < -0.39 is 0 Å². The normalized spacial score (nSPS) is 13.7. The standard InChI is InChI=1S/C15H13NO4/c1-19-10-6-7-12-14(8-10)20-9-15(18)16(12)11-4-2-3-5-13(11)17/h2-8,17H,9H2,1H3. The molecule has 1 aliphatic rings. The Morgan fingerprint density at radius 1 is 1.20 bits per heavy atom. The highest BCUT2D eigenvalue weighted by Crippen LogP contribution is 2.41. The summed E-state index contributed by atoms with van der Waals surface area (Å²) in [5, 5.41) is 9.95. The summed E-state index contributed by atoms with van der Waals surface area (Å²) in [6.07, 6.45) is 0. The summed E-state index contributed by atoms with van der Waals surface area (Å²) in [7, 11) is 1.57. The molecule has 5 heteroatoms. The molecule has 102 valence electrons. The molecular formula is C15H13NO4. The summed E-state index contributed by atoms with van der Waals surface area (Å²) >= 11 is 0. The number of para-hydroxylation sites is 2. The first-order chi connectivity index (χ1) is 9.70. The Balaban J connectivity index is 2.13. The highest BCUT2D eigenvalue weighted by molar-refractivity contribution is 6.05. The number of ether oxygens (including phenoxy) is 2. The largest absolute Gasteiger partial charge is 0.506 e. The first kappa shape index (κ1) is 12.3. The van der Waals surface area contributed by atoms with Gasteiger partial charge in [-0.25, -0.2) is 0 Å². The monoisotopic (exact) mass is 271 g/mol. The van der Waals surface area contributed by atoms with E-state index >= 15 is 0 Å². The molecule has 1 N–H and O–H groups in total. The van der Waals surface area contributed by atoms with Crippen LogP contribution < -0.4 is 14.4 Å². The van der Waals surface area contributed by atoms with E-state index in [-0.39, 0.29) is 18.3 Å². The van der Waals surface area contributed by atoms with Gasteiger partial charge in [-0.2, -0.15) is 0 Å². The number of carbonyl (C=O) groups excluding carboxylic acids is 1. The number of carbonyl (C=O) groups is 1. The van der Waals surface area contributed by atoms with Crippen LogP contribution in [0.15, 0.2) is 42.5 Å². The van der Waals surface area contributed by atoms with Crippen LogP contribution in [-0.2, 0) is 4.79 Å². The number of nitrogens with zero attached hydrogens (tertiary/aromatic N) is 1. The van der Waals surface area contributed by atoms with Crippen molar-refractivity contribution >= 4 is 17.3 Å². The van der Waals surface area contributed by atoms with Gasteiger partial charge >= 0.3 is 0 Å². The lowest BCUT2D eigenvalue weighted by Crippen LogP contribution is -2.35. The van der Waals surface area contributed by atoms with Gasteiger partial charge in [-0.1, -0.05) is 12.1 Å². The van der Waals surface area contributed by atoms with Crippen LogP contribution in [0.4, 0.5) is 11.4 Å². The molecule has 0 spiro atoms. The Hall–Kier alpha value is -2.69. The maximum Gasteiger partial charge on any atom is 0.269 e. The average molecular weight is 271 g/mol. The van der Waals surface area contributed by atoms with Crippen molar-refractivity contribution in [3.63, 3.8) is 0 Å². The number of fused-ring (bicyclic) bond motifs is 1. The lowest BCUT2D eigenvalue weighted by Gasteiger charge is -2.29. The Morgan fingerprint density at radius 3 is 2.75 bits per heavy atom. The van der Waals surface area contributed by atoms with Crippen molar-refractivity contribution in [3.8, 4) is 17.2 Å². The van der Waals surface area contributed by atoms with Gasteiger partial charge in [0.1, 0.15) is 17.2 Å². The molecule has 1 aliphatic heterocycles. The first-order valence-corrected chi connectivity index (χ1v) is 6.12. The lowest BCUT2D eigenvalue weighted by atomic mass is 10.2. The van der Waals surface area contributed by atoms with Gasteiger partial charge in [0.2, 0.25) is 0 Å². The van der Waals surface area contributed by atoms with Crippen LogP contribution in [0.2, 0.25) is 0 Å². The van der Waals surface area contributed by atoms with Gasteiger partial charge in [-0.15, -0.1) is 0 Å². The number of phenols is 1. The maximum atomic E-state index is 12.1. The summed E-state index contributed by atoms with van der Waals surface area (Å²) < 4.78 is 10.6. The van der Waals surface area contributed by atoms with Gasteiger partial charge in [0, 0.05) is 6.07 Å². The zero-order valence-corrected chi connectivity index (χ0v) is 10.9. The van der Waals surface area contributed by atoms with Crippen LogP contribution in [0.5, 0.6) is 17.2 Å². The number of benzene rings is 2. The second kappa shape index (κ2) is 4.77. The molecule has 5 nitrogen and oxygen atoms in total. The van der Waals surface area contributed by atoms with Gasteiger partial charge in [0.25, 0.3) is 5.91 Å². The van der Waals surface area contributed by atoms with Crippen LogP contribution in [0, 0.1) is 0 Å². The average Bonchev–Trinajstić information content (AvgIpc) is 2.48. The third-order valence-electron chi connectivity index (χ3n) is 3.13. The van der Waals surface area contributed by atoms with E-state index in [4.69, 9.17) is 9.47 Å². The minimum atomic E-state index is -0.232. The fourth-order valence-corrected chi connectivity index (χ4v) is 2.18. The number of phenolic OH excluding ortho intramolecular Hbond substituents is 1. The van der Waals surface area contributed by atoms with Crippen LogP contribution in [0.25, 0.3) is 0 Å². The Bertz CT molecular complexity index is 669. The predicted molar refractivity (Wildman–Crippen MR) is 73.7 cm³/mol. The molecule has 0 fully saturated rings. The number of hydrogen-bond acceptors (Lipinski definition) is 4. The molecule has 2 aromatic carbocycles. The zero-order chi connectivity index (χ0) is 14.1. The highest BCUT2D eigenvalue weighted by Gasteiger charge is 2.28. The molecule has 20 heavy (non-hydrogen) atoms. The number of aromatic hydroxyl groups is 1. The van der Waals surface area contributed by atoms with E-state index in [0.29, 0.717) is 22.9 Å². The second-order valence-electron chi connectivity index (χ2n) is 4.34. The van der Waals surface area contributed by atoms with Crippen molar-refractivity contribution in [1.29, 1.82) is 0 Å². The minimum absolute atomic E-state index is 0.0459. The maximum absolute atomic E-state index is 12.1. The summed E-state index contributed by atoms with van der Waals surface area (Å²) in [4.78, 5) is 13.6. The van der Waals surface area contributed by atoms with Gasteiger partial charge < -0.3 is 14.6 Å². The molecule has 2 aromatic rings. The van der Waals surface area contributed by atoms with E-state index in [9.17, 15) is 9.90 Å². The molecule has 0 aromatic heterocycles. The molecular weight excluding hydrogens is 258 g/mol. The third kappa shape index (κ3) is 1.93. The molecule has 0 radical (unpaired) electrons. The Labute approximate surface area is 116 Å². The molecule has 0 unspecified atom stereocenters. The highest BCUT2D eigenvalue weighted by atomic mass is 16.5. The Morgan fingerprint density at radius 2 is 2.00 bits per heavy atom. The van der Waals surface area contributed by atoms with E-state index in [1.807, 2.05) is 0 Å². The van der Waals surface area contributed by atoms with E-state index in [0.717, 1.165) is 0 Å². The van der Waals surface area contributed by atoms with Crippen LogP contribution in [0.1, 0.15) is 0 Å². The SMILES string of the molecule is COc1ccc2c(c1)OCC(=O)N2c1ccccc1O. The van der Waals surface area contributed by atoms with E-state index in [2.05, 4.69) is 0 Å². The van der Waals surface area contributed by atoms with Crippen molar-refractivity contribution in [2.24, 2.45) is 0 Å². The van der Waals surface area contributed by atoms with Crippen molar-refractivity contribution < 1.29 is 19.4 Å². The van der Waals surface area contributed by atoms with Crippen molar-refractivity contribution in [3.05, 3.63) is 42.5 Å². The first-order valence-electron chi connectivity index (χ1n) is 6.12.